The lowest BCUT2D eigenvalue weighted by atomic mass is 10.1. The molecule has 1 N–H and O–H groups in total. The summed E-state index contributed by atoms with van der Waals surface area (Å²) in [7, 11) is 4.78. The van der Waals surface area contributed by atoms with Crippen molar-refractivity contribution in [2.75, 3.05) is 0 Å². The lowest BCUT2D eigenvalue weighted by Gasteiger charge is -1.91. The van der Waals surface area contributed by atoms with Crippen LogP contribution < -0.4 is 0 Å². The van der Waals surface area contributed by atoms with Gasteiger partial charge in [-0.3, -0.25) is 0 Å². The van der Waals surface area contributed by atoms with Gasteiger partial charge in [0, 0.05) is 0 Å². The predicted octanol–water partition coefficient (Wildman–Crippen LogP) is -0.113. The Kier molecular flexibility index (Phi) is 3.54. The minimum atomic E-state index is -0.537. The highest BCUT2D eigenvalue weighted by molar-refractivity contribution is 6.22. The second kappa shape index (κ2) is 3.76. The average Bonchev–Trinajstić information content (AvgIpc) is 1.68. The molecule has 0 aromatic rings. The first-order chi connectivity index (χ1) is 3.31. The highest BCUT2D eigenvalue weighted by Gasteiger charge is 1.87. The van der Waals surface area contributed by atoms with Gasteiger partial charge in [0.25, 0.3) is 0 Å². The van der Waals surface area contributed by atoms with Crippen molar-refractivity contribution in [3.05, 3.63) is 0 Å². The van der Waals surface area contributed by atoms with Crippen LogP contribution in [0.4, 0.5) is 0 Å². The molecule has 7 heavy (non-hydrogen) atoms. The highest BCUT2D eigenvalue weighted by Crippen LogP contribution is 1.83. The smallest absolute Gasteiger partial charge is 0.188 e. The van der Waals surface area contributed by atoms with Gasteiger partial charge in [-0.25, -0.2) is 0 Å². The van der Waals surface area contributed by atoms with Crippen LogP contribution in [0.2, 0.25) is 0 Å². The molecule has 0 saturated carbocycles. The second-order valence-corrected chi connectivity index (χ2v) is 1.21. The zero-order chi connectivity index (χ0) is 5.70. The van der Waals surface area contributed by atoms with E-state index >= 15 is 0 Å². The molecule has 0 bridgehead atoms. The van der Waals surface area contributed by atoms with Gasteiger partial charge in [0.15, 0.2) is 7.85 Å². The second-order valence-electron chi connectivity index (χ2n) is 1.21. The highest BCUT2D eigenvalue weighted by atomic mass is 16.3. The van der Waals surface area contributed by atoms with E-state index in [-0.39, 0.29) is 0 Å². The van der Waals surface area contributed by atoms with E-state index in [0.29, 0.717) is 6.42 Å². The van der Waals surface area contributed by atoms with E-state index in [4.69, 9.17) is 13.0 Å². The van der Waals surface area contributed by atoms with Gasteiger partial charge >= 0.3 is 0 Å². The largest absolute Gasteiger partial charge is 0.380 e. The summed E-state index contributed by atoms with van der Waals surface area (Å²) in [5.41, 5.74) is 0. The summed E-state index contributed by atoms with van der Waals surface area (Å²) in [6.45, 7) is 1.84. The first-order valence-electron chi connectivity index (χ1n) is 2.20. The van der Waals surface area contributed by atoms with Crippen molar-refractivity contribution in [1.82, 2.24) is 0 Å². The van der Waals surface area contributed by atoms with Crippen LogP contribution in [0.5, 0.6) is 0 Å². The summed E-state index contributed by atoms with van der Waals surface area (Å²) in [5, 5.41) is 8.60. The summed E-state index contributed by atoms with van der Waals surface area (Å²) in [5.74, 6) is 4.50. The Labute approximate surface area is 45.1 Å². The standard InChI is InChI=1S/C5H7BO/c1-2-5(7)3-4-6/h5,7H,2H2,1H3/t5-/m0/s1. The molecule has 0 aromatic heterocycles. The average molecular weight is 93.9 g/mol. The molecular weight excluding hydrogens is 86.9 g/mol. The quantitative estimate of drug-likeness (QED) is 0.355. The number of aliphatic hydroxyl groups excluding tert-OH is 1. The molecule has 0 aromatic carbocycles. The van der Waals surface area contributed by atoms with E-state index in [1.165, 1.54) is 0 Å². The number of hydrogen-bond acceptors (Lipinski definition) is 1. The Bertz CT molecular complexity index is 90.0. The maximum Gasteiger partial charge on any atom is 0.188 e. The fraction of sp³-hybridized carbons (Fsp3) is 0.600. The van der Waals surface area contributed by atoms with E-state index in [9.17, 15) is 0 Å². The molecule has 2 heteroatoms. The summed E-state index contributed by atoms with van der Waals surface area (Å²) >= 11 is 0. The van der Waals surface area contributed by atoms with Crippen LogP contribution in [0.1, 0.15) is 13.3 Å². The van der Waals surface area contributed by atoms with Crippen LogP contribution in [-0.4, -0.2) is 19.1 Å². The third kappa shape index (κ3) is 3.41. The van der Waals surface area contributed by atoms with Gasteiger partial charge in [0.2, 0.25) is 0 Å². The van der Waals surface area contributed by atoms with Gasteiger partial charge in [-0.05, 0) is 6.42 Å². The maximum absolute atomic E-state index is 8.60. The molecule has 0 rings (SSSR count). The van der Waals surface area contributed by atoms with Crippen molar-refractivity contribution in [3.63, 3.8) is 0 Å². The van der Waals surface area contributed by atoms with Crippen LogP contribution in [0.3, 0.4) is 0 Å². The van der Waals surface area contributed by atoms with Crippen LogP contribution in [0.25, 0.3) is 0 Å². The monoisotopic (exact) mass is 94.1 g/mol. The Morgan fingerprint density at radius 2 is 2.43 bits per heavy atom. The van der Waals surface area contributed by atoms with Gasteiger partial charge in [0.1, 0.15) is 6.10 Å². The zero-order valence-electron chi connectivity index (χ0n) is 4.31. The fourth-order valence-corrected chi connectivity index (χ4v) is 0.198. The zero-order valence-corrected chi connectivity index (χ0v) is 4.31. The lowest BCUT2D eigenvalue weighted by Crippen LogP contribution is -1.98. The number of hydrogen-bond donors (Lipinski definition) is 1. The molecule has 0 aliphatic carbocycles. The van der Waals surface area contributed by atoms with Gasteiger partial charge in [-0.2, -0.15) is 5.82 Å². The van der Waals surface area contributed by atoms with Crippen molar-refractivity contribution in [2.45, 2.75) is 19.4 Å². The Morgan fingerprint density at radius 1 is 1.86 bits per heavy atom. The van der Waals surface area contributed by atoms with E-state index in [1.807, 2.05) is 6.92 Å². The van der Waals surface area contributed by atoms with Crippen LogP contribution in [-0.2, 0) is 0 Å². The van der Waals surface area contributed by atoms with Crippen molar-refractivity contribution >= 4 is 7.85 Å². The minimum Gasteiger partial charge on any atom is -0.380 e. The van der Waals surface area contributed by atoms with Gasteiger partial charge < -0.3 is 5.11 Å². The summed E-state index contributed by atoms with van der Waals surface area (Å²) < 4.78 is 0. The van der Waals surface area contributed by atoms with E-state index in [2.05, 4.69) is 11.7 Å². The van der Waals surface area contributed by atoms with Crippen molar-refractivity contribution < 1.29 is 5.11 Å². The minimum absolute atomic E-state index is 0.537. The normalized spacial score (nSPS) is 11.7. The molecule has 1 nitrogen and oxygen atoms in total. The summed E-state index contributed by atoms with van der Waals surface area (Å²) in [6, 6.07) is 0. The van der Waals surface area contributed by atoms with E-state index in [1.54, 1.807) is 0 Å². The molecule has 0 fully saturated rings. The third-order valence-electron chi connectivity index (χ3n) is 0.637. The van der Waals surface area contributed by atoms with Gasteiger partial charge in [-0.15, -0.1) is 0 Å². The lowest BCUT2D eigenvalue weighted by molar-refractivity contribution is 0.228. The van der Waals surface area contributed by atoms with Crippen molar-refractivity contribution in [2.24, 2.45) is 0 Å². The van der Waals surface area contributed by atoms with Crippen LogP contribution in [0, 0.1) is 11.7 Å². The number of rotatable bonds is 1. The maximum atomic E-state index is 8.60. The Balaban J connectivity index is 3.29. The third-order valence-corrected chi connectivity index (χ3v) is 0.637. The van der Waals surface area contributed by atoms with Gasteiger partial charge in [-0.1, -0.05) is 12.8 Å². The SMILES string of the molecule is [B]C#C[C@@H](O)CC. The van der Waals surface area contributed by atoms with Gasteiger partial charge in [0.05, 0.1) is 0 Å². The molecule has 2 radical (unpaired) electrons. The molecule has 0 heterocycles. The van der Waals surface area contributed by atoms with E-state index < -0.39 is 6.10 Å². The van der Waals surface area contributed by atoms with Crippen LogP contribution in [0.15, 0.2) is 0 Å². The predicted molar refractivity (Wildman–Crippen MR) is 29.8 cm³/mol. The molecule has 0 unspecified atom stereocenters. The fourth-order valence-electron chi connectivity index (χ4n) is 0.198. The molecule has 0 aliphatic heterocycles. The molecule has 0 aliphatic rings. The van der Waals surface area contributed by atoms with Crippen LogP contribution >= 0.6 is 0 Å². The number of aliphatic hydroxyl groups is 1. The van der Waals surface area contributed by atoms with Crippen molar-refractivity contribution in [1.29, 1.82) is 0 Å². The topological polar surface area (TPSA) is 20.2 Å². The van der Waals surface area contributed by atoms with Crippen molar-refractivity contribution in [3.8, 4) is 11.7 Å². The first-order valence-corrected chi connectivity index (χ1v) is 2.20. The molecule has 0 spiro atoms. The molecule has 36 valence electrons. The summed E-state index contributed by atoms with van der Waals surface area (Å²) in [6.07, 6.45) is 0.106. The summed E-state index contributed by atoms with van der Waals surface area (Å²) in [4.78, 5) is 0. The van der Waals surface area contributed by atoms with E-state index in [0.717, 1.165) is 0 Å². The Morgan fingerprint density at radius 3 is 2.57 bits per heavy atom. The molecular formula is C5H7BO. The molecule has 1 atom stereocenters. The Hall–Kier alpha value is -0.415. The molecule has 0 amide bonds. The first kappa shape index (κ1) is 6.58. The molecule has 0 saturated heterocycles.